The predicted molar refractivity (Wildman–Crippen MR) is 119 cm³/mol. The number of ether oxygens (including phenoxy) is 2. The Hall–Kier alpha value is -3.22. The van der Waals surface area contributed by atoms with Gasteiger partial charge in [0.15, 0.2) is 11.5 Å². The number of carbonyl (C=O) groups excluding carboxylic acids is 2. The minimum atomic E-state index is -0.208. The van der Waals surface area contributed by atoms with Crippen molar-refractivity contribution in [2.45, 2.75) is 38.8 Å². The van der Waals surface area contributed by atoms with Crippen LogP contribution in [0.25, 0.3) is 0 Å². The SMILES string of the molecule is COc1cc2c(cc1OC)C(C)N(C(=O)NC1CC(=O)N(c3ccc(C)cc3)C1)CC2. The van der Waals surface area contributed by atoms with Crippen molar-refractivity contribution >= 4 is 17.6 Å². The van der Waals surface area contributed by atoms with E-state index in [4.69, 9.17) is 9.47 Å². The van der Waals surface area contributed by atoms with Gasteiger partial charge in [0.1, 0.15) is 0 Å². The third-order valence-electron chi connectivity index (χ3n) is 6.24. The summed E-state index contributed by atoms with van der Waals surface area (Å²) in [6.07, 6.45) is 1.05. The number of rotatable bonds is 4. The molecule has 2 aromatic rings. The Morgan fingerprint density at radius 1 is 1.10 bits per heavy atom. The van der Waals surface area contributed by atoms with E-state index in [2.05, 4.69) is 5.32 Å². The van der Waals surface area contributed by atoms with Crippen molar-refractivity contribution in [1.29, 1.82) is 0 Å². The molecule has 4 rings (SSSR count). The highest BCUT2D eigenvalue weighted by atomic mass is 16.5. The Bertz CT molecular complexity index is 989. The molecular formula is C24H29N3O4. The molecule has 2 heterocycles. The maximum atomic E-state index is 13.1. The topological polar surface area (TPSA) is 71.1 Å². The summed E-state index contributed by atoms with van der Waals surface area (Å²) in [6.45, 7) is 5.12. The lowest BCUT2D eigenvalue weighted by Gasteiger charge is -2.36. The van der Waals surface area contributed by atoms with Crippen LogP contribution in [0, 0.1) is 6.92 Å². The lowest BCUT2D eigenvalue weighted by atomic mass is 9.93. The van der Waals surface area contributed by atoms with E-state index < -0.39 is 0 Å². The van der Waals surface area contributed by atoms with E-state index >= 15 is 0 Å². The van der Waals surface area contributed by atoms with Gasteiger partial charge in [0, 0.05) is 25.2 Å². The monoisotopic (exact) mass is 423 g/mol. The van der Waals surface area contributed by atoms with Crippen LogP contribution in [0.5, 0.6) is 11.5 Å². The molecule has 1 saturated heterocycles. The highest BCUT2D eigenvalue weighted by Gasteiger charge is 2.35. The molecule has 7 nitrogen and oxygen atoms in total. The van der Waals surface area contributed by atoms with E-state index in [9.17, 15) is 9.59 Å². The van der Waals surface area contributed by atoms with E-state index in [-0.39, 0.29) is 24.0 Å². The van der Waals surface area contributed by atoms with Gasteiger partial charge >= 0.3 is 6.03 Å². The number of methoxy groups -OCH3 is 2. The fourth-order valence-corrected chi connectivity index (χ4v) is 4.46. The van der Waals surface area contributed by atoms with Gasteiger partial charge in [-0.1, -0.05) is 17.7 Å². The summed E-state index contributed by atoms with van der Waals surface area (Å²) < 4.78 is 10.8. The quantitative estimate of drug-likeness (QED) is 0.818. The molecule has 1 N–H and O–H groups in total. The van der Waals surface area contributed by atoms with E-state index in [1.807, 2.05) is 55.1 Å². The Morgan fingerprint density at radius 3 is 2.45 bits per heavy atom. The smallest absolute Gasteiger partial charge is 0.318 e. The Balaban J connectivity index is 1.45. The number of amides is 3. The van der Waals surface area contributed by atoms with Crippen LogP contribution < -0.4 is 19.7 Å². The van der Waals surface area contributed by atoms with Crippen LogP contribution in [0.4, 0.5) is 10.5 Å². The summed E-state index contributed by atoms with van der Waals surface area (Å²) in [5.74, 6) is 1.39. The zero-order valence-electron chi connectivity index (χ0n) is 18.5. The van der Waals surface area contributed by atoms with Crippen LogP contribution in [-0.2, 0) is 11.2 Å². The number of carbonyl (C=O) groups is 2. The van der Waals surface area contributed by atoms with E-state index in [1.165, 1.54) is 0 Å². The predicted octanol–water partition coefficient (Wildman–Crippen LogP) is 3.45. The molecule has 2 aromatic carbocycles. The molecule has 0 spiro atoms. The number of aryl methyl sites for hydroxylation is 1. The molecule has 2 aliphatic heterocycles. The number of fused-ring (bicyclic) bond motifs is 1. The van der Waals surface area contributed by atoms with Crippen LogP contribution in [0.2, 0.25) is 0 Å². The van der Waals surface area contributed by atoms with Crippen molar-refractivity contribution in [1.82, 2.24) is 10.2 Å². The molecule has 2 unspecified atom stereocenters. The Morgan fingerprint density at radius 2 is 1.77 bits per heavy atom. The molecule has 164 valence electrons. The summed E-state index contributed by atoms with van der Waals surface area (Å²) in [5, 5.41) is 3.07. The number of urea groups is 1. The van der Waals surface area contributed by atoms with Gasteiger partial charge in [-0.25, -0.2) is 4.79 Å². The molecule has 7 heteroatoms. The number of hydrogen-bond donors (Lipinski definition) is 1. The number of hydrogen-bond acceptors (Lipinski definition) is 4. The van der Waals surface area contributed by atoms with Crippen LogP contribution >= 0.6 is 0 Å². The average molecular weight is 424 g/mol. The molecule has 3 amide bonds. The zero-order chi connectivity index (χ0) is 22.1. The first kappa shape index (κ1) is 21.0. The minimum absolute atomic E-state index is 0.0306. The molecule has 0 aliphatic carbocycles. The maximum Gasteiger partial charge on any atom is 0.318 e. The normalized spacial score (nSPS) is 20.5. The van der Waals surface area contributed by atoms with Gasteiger partial charge in [0.05, 0.1) is 26.3 Å². The molecular weight excluding hydrogens is 394 g/mol. The van der Waals surface area contributed by atoms with Crippen molar-refractivity contribution in [3.63, 3.8) is 0 Å². The standard InChI is InChI=1S/C24H29N3O4/c1-15-5-7-19(8-6-15)27-14-18(12-23(27)28)25-24(29)26-10-9-17-11-21(30-3)22(31-4)13-20(17)16(26)2/h5-8,11,13,16,18H,9-10,12,14H2,1-4H3,(H,25,29). The second kappa shape index (κ2) is 8.49. The van der Waals surface area contributed by atoms with Crippen LogP contribution in [0.1, 0.15) is 36.1 Å². The van der Waals surface area contributed by atoms with Gasteiger partial charge < -0.3 is 24.6 Å². The highest BCUT2D eigenvalue weighted by Crippen LogP contribution is 2.38. The molecule has 31 heavy (non-hydrogen) atoms. The van der Waals surface area contributed by atoms with Crippen molar-refractivity contribution in [2.75, 3.05) is 32.2 Å². The van der Waals surface area contributed by atoms with E-state index in [0.717, 1.165) is 28.8 Å². The van der Waals surface area contributed by atoms with Gasteiger partial charge in [-0.15, -0.1) is 0 Å². The molecule has 2 atom stereocenters. The summed E-state index contributed by atoms with van der Waals surface area (Å²) >= 11 is 0. The van der Waals surface area contributed by atoms with Crippen LogP contribution in [0.15, 0.2) is 36.4 Å². The molecule has 0 bridgehead atoms. The van der Waals surface area contributed by atoms with Gasteiger partial charge in [-0.2, -0.15) is 0 Å². The first-order valence-electron chi connectivity index (χ1n) is 10.6. The largest absolute Gasteiger partial charge is 0.493 e. The van der Waals surface area contributed by atoms with Gasteiger partial charge in [-0.05, 0) is 55.7 Å². The molecule has 0 aromatic heterocycles. The lowest BCUT2D eigenvalue weighted by molar-refractivity contribution is -0.117. The molecule has 1 fully saturated rings. The summed E-state index contributed by atoms with van der Waals surface area (Å²) in [5.41, 5.74) is 4.24. The lowest BCUT2D eigenvalue weighted by Crippen LogP contribution is -2.48. The molecule has 0 radical (unpaired) electrons. The third-order valence-corrected chi connectivity index (χ3v) is 6.24. The first-order valence-corrected chi connectivity index (χ1v) is 10.6. The first-order chi connectivity index (χ1) is 14.9. The number of nitrogens with one attached hydrogen (secondary N) is 1. The van der Waals surface area contributed by atoms with E-state index in [0.29, 0.717) is 31.0 Å². The Labute approximate surface area is 182 Å². The highest BCUT2D eigenvalue weighted by molar-refractivity contribution is 5.96. The fraction of sp³-hybridized carbons (Fsp3) is 0.417. The van der Waals surface area contributed by atoms with Crippen LogP contribution in [0.3, 0.4) is 0 Å². The second-order valence-electron chi connectivity index (χ2n) is 8.22. The zero-order valence-corrected chi connectivity index (χ0v) is 18.5. The van der Waals surface area contributed by atoms with Crippen molar-refractivity contribution in [3.8, 4) is 11.5 Å². The molecule has 2 aliphatic rings. The summed E-state index contributed by atoms with van der Waals surface area (Å²) in [7, 11) is 3.23. The fourth-order valence-electron chi connectivity index (χ4n) is 4.46. The van der Waals surface area contributed by atoms with Gasteiger partial charge in [-0.3, -0.25) is 4.79 Å². The summed E-state index contributed by atoms with van der Waals surface area (Å²) in [4.78, 5) is 29.2. The van der Waals surface area contributed by atoms with Gasteiger partial charge in [0.25, 0.3) is 0 Å². The van der Waals surface area contributed by atoms with Crippen molar-refractivity contribution in [3.05, 3.63) is 53.1 Å². The third kappa shape index (κ3) is 4.04. The molecule has 0 saturated carbocycles. The number of anilines is 1. The van der Waals surface area contributed by atoms with Gasteiger partial charge in [0.2, 0.25) is 5.91 Å². The average Bonchev–Trinajstić information content (AvgIpc) is 3.13. The number of benzene rings is 2. The van der Waals surface area contributed by atoms with Crippen LogP contribution in [-0.4, -0.2) is 50.2 Å². The Kier molecular flexibility index (Phi) is 5.76. The van der Waals surface area contributed by atoms with Crippen molar-refractivity contribution < 1.29 is 19.1 Å². The maximum absolute atomic E-state index is 13.1. The summed E-state index contributed by atoms with van der Waals surface area (Å²) in [6, 6.07) is 11.4. The van der Waals surface area contributed by atoms with Crippen molar-refractivity contribution in [2.24, 2.45) is 0 Å². The number of nitrogens with zero attached hydrogens (tertiary/aromatic N) is 2. The minimum Gasteiger partial charge on any atom is -0.493 e. The second-order valence-corrected chi connectivity index (χ2v) is 8.22. The van der Waals surface area contributed by atoms with E-state index in [1.54, 1.807) is 19.1 Å².